The van der Waals surface area contributed by atoms with E-state index in [9.17, 15) is 4.79 Å². The van der Waals surface area contributed by atoms with Crippen LogP contribution in [0.15, 0.2) is 79.1 Å². The fourth-order valence-corrected chi connectivity index (χ4v) is 3.42. The van der Waals surface area contributed by atoms with E-state index in [-0.39, 0.29) is 11.9 Å². The highest BCUT2D eigenvalue weighted by Gasteiger charge is 2.16. The third-order valence-corrected chi connectivity index (χ3v) is 4.94. The number of anilines is 2. The van der Waals surface area contributed by atoms with E-state index in [0.29, 0.717) is 11.5 Å². The van der Waals surface area contributed by atoms with E-state index >= 15 is 0 Å². The van der Waals surface area contributed by atoms with Crippen LogP contribution in [0.5, 0.6) is 0 Å². The van der Waals surface area contributed by atoms with Gasteiger partial charge in [-0.15, -0.1) is 0 Å². The molecule has 0 spiro atoms. The molecule has 0 aliphatic heterocycles. The Labute approximate surface area is 169 Å². The molecule has 0 saturated heterocycles. The molecule has 4 aromatic rings. The summed E-state index contributed by atoms with van der Waals surface area (Å²) in [5, 5.41) is 8.58. The molecule has 29 heavy (non-hydrogen) atoms. The van der Waals surface area contributed by atoms with Crippen LogP contribution < -0.4 is 10.6 Å². The number of carbonyl (C=O) groups is 1. The number of amides is 1. The van der Waals surface area contributed by atoms with Crippen LogP contribution in [-0.2, 0) is 0 Å². The zero-order valence-corrected chi connectivity index (χ0v) is 16.4. The monoisotopic (exact) mass is 382 g/mol. The lowest BCUT2D eigenvalue weighted by molar-refractivity contribution is 0.0939. The summed E-state index contributed by atoms with van der Waals surface area (Å²) in [7, 11) is 0. The van der Waals surface area contributed by atoms with Crippen LogP contribution in [0.3, 0.4) is 0 Å². The van der Waals surface area contributed by atoms with E-state index in [0.717, 1.165) is 27.6 Å². The largest absolute Gasteiger partial charge is 0.345 e. The molecule has 1 aromatic heterocycles. The maximum Gasteiger partial charge on any atom is 0.252 e. The number of carbonyl (C=O) groups excluding carboxylic acids is 1. The van der Waals surface area contributed by atoms with Gasteiger partial charge in [-0.2, -0.15) is 0 Å². The van der Waals surface area contributed by atoms with Crippen molar-refractivity contribution in [2.45, 2.75) is 19.9 Å². The van der Waals surface area contributed by atoms with Crippen molar-refractivity contribution < 1.29 is 4.79 Å². The van der Waals surface area contributed by atoms with E-state index in [2.05, 4.69) is 44.9 Å². The first kappa shape index (κ1) is 18.6. The lowest BCUT2D eigenvalue weighted by Gasteiger charge is -2.18. The zero-order chi connectivity index (χ0) is 20.2. The SMILES string of the molecule is Cc1ccc(Nc2ncccn2)cc1C(=O)N[C@H](C)c1cccc2ccccc12. The number of aryl methyl sites for hydroxylation is 1. The first-order valence-corrected chi connectivity index (χ1v) is 9.55. The van der Waals surface area contributed by atoms with Gasteiger partial charge in [-0.25, -0.2) is 9.97 Å². The molecule has 0 aliphatic carbocycles. The number of nitrogens with one attached hydrogen (secondary N) is 2. The number of aromatic nitrogens is 2. The molecule has 0 fully saturated rings. The molecular weight excluding hydrogens is 360 g/mol. The topological polar surface area (TPSA) is 66.9 Å². The normalized spacial score (nSPS) is 11.8. The second kappa shape index (κ2) is 8.10. The van der Waals surface area contributed by atoms with E-state index in [1.165, 1.54) is 0 Å². The van der Waals surface area contributed by atoms with Crippen LogP contribution in [0.1, 0.15) is 34.5 Å². The standard InChI is InChI=1S/C24H22N4O/c1-16-11-12-19(28-24-25-13-6-14-26-24)15-22(16)23(29)27-17(2)20-10-5-8-18-7-3-4-9-21(18)20/h3-15,17H,1-2H3,(H,27,29)(H,25,26,28)/t17-/m1/s1. The number of hydrogen-bond donors (Lipinski definition) is 2. The van der Waals surface area contributed by atoms with Crippen molar-refractivity contribution in [3.8, 4) is 0 Å². The Kier molecular flexibility index (Phi) is 5.20. The second-order valence-corrected chi connectivity index (χ2v) is 6.99. The quantitative estimate of drug-likeness (QED) is 0.499. The van der Waals surface area contributed by atoms with Crippen LogP contribution in [0.2, 0.25) is 0 Å². The highest BCUT2D eigenvalue weighted by Crippen LogP contribution is 2.25. The van der Waals surface area contributed by atoms with Gasteiger partial charge in [-0.3, -0.25) is 4.79 Å². The van der Waals surface area contributed by atoms with Gasteiger partial charge in [0.05, 0.1) is 6.04 Å². The van der Waals surface area contributed by atoms with Crippen molar-refractivity contribution in [3.05, 3.63) is 95.8 Å². The number of hydrogen-bond acceptors (Lipinski definition) is 4. The fourth-order valence-electron chi connectivity index (χ4n) is 3.42. The van der Waals surface area contributed by atoms with Crippen LogP contribution in [0, 0.1) is 6.92 Å². The van der Waals surface area contributed by atoms with Gasteiger partial charge < -0.3 is 10.6 Å². The smallest absolute Gasteiger partial charge is 0.252 e. The summed E-state index contributed by atoms with van der Waals surface area (Å²) in [6.07, 6.45) is 3.34. The Hall–Kier alpha value is -3.73. The van der Waals surface area contributed by atoms with E-state index in [1.807, 2.05) is 50.2 Å². The predicted octanol–water partition coefficient (Wildman–Crippen LogP) is 5.17. The fraction of sp³-hybridized carbons (Fsp3) is 0.125. The Morgan fingerprint density at radius 3 is 2.52 bits per heavy atom. The molecular formula is C24H22N4O. The van der Waals surface area contributed by atoms with Gasteiger partial charge in [0.2, 0.25) is 5.95 Å². The average molecular weight is 382 g/mol. The first-order chi connectivity index (χ1) is 14.1. The molecule has 3 aromatic carbocycles. The van der Waals surface area contributed by atoms with Crippen molar-refractivity contribution in [3.63, 3.8) is 0 Å². The Bertz CT molecular complexity index is 1150. The Morgan fingerprint density at radius 1 is 0.931 bits per heavy atom. The molecule has 0 unspecified atom stereocenters. The number of nitrogens with zero attached hydrogens (tertiary/aromatic N) is 2. The summed E-state index contributed by atoms with van der Waals surface area (Å²) in [4.78, 5) is 21.4. The van der Waals surface area contributed by atoms with E-state index < -0.39 is 0 Å². The summed E-state index contributed by atoms with van der Waals surface area (Å²) in [6, 6.07) is 21.7. The molecule has 1 amide bonds. The maximum absolute atomic E-state index is 13.0. The molecule has 5 nitrogen and oxygen atoms in total. The van der Waals surface area contributed by atoms with Gasteiger partial charge in [0.1, 0.15) is 0 Å². The second-order valence-electron chi connectivity index (χ2n) is 6.99. The molecule has 0 bridgehead atoms. The van der Waals surface area contributed by atoms with Crippen LogP contribution in [-0.4, -0.2) is 15.9 Å². The minimum Gasteiger partial charge on any atom is -0.345 e. The van der Waals surface area contributed by atoms with Gasteiger partial charge >= 0.3 is 0 Å². The summed E-state index contributed by atoms with van der Waals surface area (Å²) < 4.78 is 0. The summed E-state index contributed by atoms with van der Waals surface area (Å²) in [5.41, 5.74) is 3.40. The minimum atomic E-state index is -0.123. The van der Waals surface area contributed by atoms with Gasteiger partial charge in [-0.1, -0.05) is 48.5 Å². The van der Waals surface area contributed by atoms with Gasteiger partial charge in [-0.05, 0) is 53.9 Å². The highest BCUT2D eigenvalue weighted by atomic mass is 16.1. The van der Waals surface area contributed by atoms with Crippen molar-refractivity contribution in [2.24, 2.45) is 0 Å². The zero-order valence-electron chi connectivity index (χ0n) is 16.4. The molecule has 0 radical (unpaired) electrons. The summed E-state index contributed by atoms with van der Waals surface area (Å²) in [5.74, 6) is 0.382. The minimum absolute atomic E-state index is 0.111. The molecule has 5 heteroatoms. The van der Waals surface area contributed by atoms with Crippen LogP contribution in [0.4, 0.5) is 11.6 Å². The maximum atomic E-state index is 13.0. The lowest BCUT2D eigenvalue weighted by Crippen LogP contribution is -2.27. The first-order valence-electron chi connectivity index (χ1n) is 9.55. The van der Waals surface area contributed by atoms with E-state index in [4.69, 9.17) is 0 Å². The van der Waals surface area contributed by atoms with Crippen LogP contribution >= 0.6 is 0 Å². The molecule has 0 aliphatic rings. The molecule has 144 valence electrons. The molecule has 1 atom stereocenters. The van der Waals surface area contributed by atoms with Crippen LogP contribution in [0.25, 0.3) is 10.8 Å². The lowest BCUT2D eigenvalue weighted by atomic mass is 9.99. The van der Waals surface area contributed by atoms with Gasteiger partial charge in [0, 0.05) is 23.6 Å². The number of rotatable bonds is 5. The molecule has 0 saturated carbocycles. The van der Waals surface area contributed by atoms with Gasteiger partial charge in [0.15, 0.2) is 0 Å². The summed E-state index contributed by atoms with van der Waals surface area (Å²) >= 11 is 0. The molecule has 4 rings (SSSR count). The predicted molar refractivity (Wildman–Crippen MR) is 116 cm³/mol. The Morgan fingerprint density at radius 2 is 1.69 bits per heavy atom. The molecule has 1 heterocycles. The van der Waals surface area contributed by atoms with E-state index in [1.54, 1.807) is 18.5 Å². The number of fused-ring (bicyclic) bond motifs is 1. The van der Waals surface area contributed by atoms with Crippen molar-refractivity contribution in [2.75, 3.05) is 5.32 Å². The van der Waals surface area contributed by atoms with Crippen molar-refractivity contribution >= 4 is 28.3 Å². The third-order valence-electron chi connectivity index (χ3n) is 4.94. The molecule has 2 N–H and O–H groups in total. The number of benzene rings is 3. The third kappa shape index (κ3) is 4.09. The average Bonchev–Trinajstić information content (AvgIpc) is 2.75. The highest BCUT2D eigenvalue weighted by molar-refractivity contribution is 5.97. The van der Waals surface area contributed by atoms with Crippen molar-refractivity contribution in [1.29, 1.82) is 0 Å². The summed E-state index contributed by atoms with van der Waals surface area (Å²) in [6.45, 7) is 3.94. The van der Waals surface area contributed by atoms with Crippen molar-refractivity contribution in [1.82, 2.24) is 15.3 Å². The van der Waals surface area contributed by atoms with Gasteiger partial charge in [0.25, 0.3) is 5.91 Å². The Balaban J connectivity index is 1.57.